The zero-order valence-corrected chi connectivity index (χ0v) is 10.5. The molecule has 0 bridgehead atoms. The van der Waals surface area contributed by atoms with Gasteiger partial charge in [-0.05, 0) is 25.2 Å². The number of urea groups is 1. The van der Waals surface area contributed by atoms with Gasteiger partial charge < -0.3 is 5.32 Å². The Morgan fingerprint density at radius 3 is 2.59 bits per heavy atom. The van der Waals surface area contributed by atoms with Gasteiger partial charge in [0.1, 0.15) is 6.04 Å². The number of rotatable bonds is 8. The first-order valence-electron chi connectivity index (χ1n) is 6.37. The molecule has 1 rings (SSSR count). The highest BCUT2D eigenvalue weighted by Gasteiger charge is 2.33. The Hall–Kier alpha value is -1.32. The fraction of sp³-hybridized carbons (Fsp3) is 0.692. The molecule has 0 saturated carbocycles. The summed E-state index contributed by atoms with van der Waals surface area (Å²) in [6.45, 7) is 5.70. The number of hydrogen-bond acceptors (Lipinski definition) is 2. The van der Waals surface area contributed by atoms with Gasteiger partial charge in [0.2, 0.25) is 0 Å². The molecule has 2 unspecified atom stereocenters. The van der Waals surface area contributed by atoms with Crippen LogP contribution in [0.2, 0.25) is 0 Å². The van der Waals surface area contributed by atoms with E-state index in [2.05, 4.69) is 17.2 Å². The summed E-state index contributed by atoms with van der Waals surface area (Å²) in [6.07, 6.45) is 8.70. The molecule has 0 radical (unpaired) electrons. The van der Waals surface area contributed by atoms with Gasteiger partial charge in [0.05, 0.1) is 0 Å². The van der Waals surface area contributed by atoms with E-state index in [-0.39, 0.29) is 23.9 Å². The van der Waals surface area contributed by atoms with Gasteiger partial charge in [-0.1, -0.05) is 32.3 Å². The first-order valence-corrected chi connectivity index (χ1v) is 6.37. The molecule has 3 amide bonds. The summed E-state index contributed by atoms with van der Waals surface area (Å²) in [5.74, 6) is 0.0232. The summed E-state index contributed by atoms with van der Waals surface area (Å²) in [5.41, 5.74) is 0. The lowest BCUT2D eigenvalue weighted by molar-refractivity contribution is -0.121. The molecule has 1 aliphatic rings. The molecule has 1 heterocycles. The van der Waals surface area contributed by atoms with Crippen molar-refractivity contribution in [2.75, 3.05) is 0 Å². The molecule has 4 heteroatoms. The minimum atomic E-state index is -0.363. The molecule has 0 aromatic rings. The van der Waals surface area contributed by atoms with Crippen LogP contribution in [0.15, 0.2) is 12.7 Å². The molecule has 1 aliphatic heterocycles. The van der Waals surface area contributed by atoms with Crippen molar-refractivity contribution in [3.8, 4) is 0 Å². The minimum Gasteiger partial charge on any atom is -0.326 e. The molecular formula is C13H22N2O2. The molecule has 0 aromatic heterocycles. The number of nitrogens with one attached hydrogen (secondary N) is 2. The Morgan fingerprint density at radius 1 is 1.29 bits per heavy atom. The number of carbonyl (C=O) groups excluding carboxylic acids is 2. The van der Waals surface area contributed by atoms with E-state index >= 15 is 0 Å². The predicted molar refractivity (Wildman–Crippen MR) is 67.5 cm³/mol. The van der Waals surface area contributed by atoms with Crippen LogP contribution in [0.5, 0.6) is 0 Å². The van der Waals surface area contributed by atoms with Crippen molar-refractivity contribution in [3.63, 3.8) is 0 Å². The second-order valence-electron chi connectivity index (χ2n) is 4.70. The topological polar surface area (TPSA) is 58.2 Å². The molecule has 1 fully saturated rings. The normalized spacial score (nSPS) is 20.9. The predicted octanol–water partition coefficient (Wildman–Crippen LogP) is 2.36. The molecule has 1 saturated heterocycles. The fourth-order valence-electron chi connectivity index (χ4n) is 2.11. The average Bonchev–Trinajstić information content (AvgIpc) is 2.62. The third-order valence-electron chi connectivity index (χ3n) is 3.19. The Balaban J connectivity index is 2.12. The second-order valence-corrected chi connectivity index (χ2v) is 4.70. The van der Waals surface area contributed by atoms with Crippen molar-refractivity contribution in [2.45, 2.75) is 51.5 Å². The van der Waals surface area contributed by atoms with Crippen molar-refractivity contribution in [1.82, 2.24) is 10.6 Å². The molecule has 2 N–H and O–H groups in total. The van der Waals surface area contributed by atoms with Crippen molar-refractivity contribution in [1.29, 1.82) is 0 Å². The Bertz CT molecular complexity index is 289. The van der Waals surface area contributed by atoms with Gasteiger partial charge in [0, 0.05) is 0 Å². The van der Waals surface area contributed by atoms with Crippen LogP contribution < -0.4 is 10.6 Å². The maximum Gasteiger partial charge on any atom is 0.322 e. The van der Waals surface area contributed by atoms with Crippen LogP contribution in [0.3, 0.4) is 0 Å². The number of unbranched alkanes of at least 4 members (excludes halogenated alkanes) is 4. The van der Waals surface area contributed by atoms with Crippen LogP contribution in [-0.2, 0) is 4.79 Å². The van der Waals surface area contributed by atoms with E-state index in [1.165, 1.54) is 19.3 Å². The molecule has 96 valence electrons. The van der Waals surface area contributed by atoms with Gasteiger partial charge in [0.15, 0.2) is 0 Å². The lowest BCUT2D eigenvalue weighted by Gasteiger charge is -2.16. The van der Waals surface area contributed by atoms with Crippen LogP contribution >= 0.6 is 0 Å². The minimum absolute atomic E-state index is 0.186. The maximum atomic E-state index is 11.4. The zero-order chi connectivity index (χ0) is 12.7. The fourth-order valence-corrected chi connectivity index (χ4v) is 2.11. The lowest BCUT2D eigenvalue weighted by atomic mass is 9.95. The van der Waals surface area contributed by atoms with Crippen LogP contribution in [0.1, 0.15) is 45.4 Å². The highest BCUT2D eigenvalue weighted by atomic mass is 16.2. The van der Waals surface area contributed by atoms with Gasteiger partial charge in [-0.15, -0.1) is 6.58 Å². The molecular weight excluding hydrogens is 216 g/mol. The maximum absolute atomic E-state index is 11.4. The summed E-state index contributed by atoms with van der Waals surface area (Å²) in [7, 11) is 0. The van der Waals surface area contributed by atoms with E-state index < -0.39 is 0 Å². The van der Waals surface area contributed by atoms with Gasteiger partial charge in [0.25, 0.3) is 5.91 Å². The van der Waals surface area contributed by atoms with E-state index in [1.54, 1.807) is 0 Å². The molecule has 17 heavy (non-hydrogen) atoms. The Morgan fingerprint density at radius 2 is 2.00 bits per heavy atom. The van der Waals surface area contributed by atoms with E-state index in [1.807, 2.05) is 13.0 Å². The summed E-state index contributed by atoms with van der Waals surface area (Å²) >= 11 is 0. The van der Waals surface area contributed by atoms with E-state index in [9.17, 15) is 9.59 Å². The summed E-state index contributed by atoms with van der Waals surface area (Å²) in [6, 6.07) is -0.700. The quantitative estimate of drug-likeness (QED) is 0.387. The largest absolute Gasteiger partial charge is 0.326 e. The number of hydrogen-bond donors (Lipinski definition) is 2. The number of carbonyl (C=O) groups is 2. The molecule has 2 atom stereocenters. The first-order chi connectivity index (χ1) is 8.15. The van der Waals surface area contributed by atoms with Gasteiger partial charge in [-0.3, -0.25) is 10.1 Å². The molecule has 0 aromatic carbocycles. The molecule has 0 spiro atoms. The van der Waals surface area contributed by atoms with Crippen molar-refractivity contribution < 1.29 is 9.59 Å². The summed E-state index contributed by atoms with van der Waals surface area (Å²) in [5, 5.41) is 4.92. The van der Waals surface area contributed by atoms with E-state index in [4.69, 9.17) is 0 Å². The summed E-state index contributed by atoms with van der Waals surface area (Å²) in [4.78, 5) is 22.4. The summed E-state index contributed by atoms with van der Waals surface area (Å²) < 4.78 is 0. The van der Waals surface area contributed by atoms with Gasteiger partial charge >= 0.3 is 6.03 Å². The zero-order valence-electron chi connectivity index (χ0n) is 10.5. The van der Waals surface area contributed by atoms with Gasteiger partial charge in [-0.2, -0.15) is 0 Å². The van der Waals surface area contributed by atoms with Crippen LogP contribution in [-0.4, -0.2) is 18.0 Å². The third kappa shape index (κ3) is 4.59. The van der Waals surface area contributed by atoms with E-state index in [0.29, 0.717) is 0 Å². The SMILES string of the molecule is C=CCCCCCCC(C)C1NC(=O)NC1=O. The molecule has 4 nitrogen and oxygen atoms in total. The lowest BCUT2D eigenvalue weighted by Crippen LogP contribution is -2.35. The van der Waals surface area contributed by atoms with Crippen molar-refractivity contribution in [2.24, 2.45) is 5.92 Å². The highest BCUT2D eigenvalue weighted by molar-refractivity contribution is 6.04. The standard InChI is InChI=1S/C13H22N2O2/c1-3-4-5-6-7-8-9-10(2)11-12(16)15-13(17)14-11/h3,10-11H,1,4-9H2,2H3,(H2,14,15,16,17). The van der Waals surface area contributed by atoms with Crippen LogP contribution in [0.25, 0.3) is 0 Å². The van der Waals surface area contributed by atoms with Crippen molar-refractivity contribution in [3.05, 3.63) is 12.7 Å². The monoisotopic (exact) mass is 238 g/mol. The smallest absolute Gasteiger partial charge is 0.322 e. The average molecular weight is 238 g/mol. The van der Waals surface area contributed by atoms with Crippen molar-refractivity contribution >= 4 is 11.9 Å². The third-order valence-corrected chi connectivity index (χ3v) is 3.19. The number of amides is 3. The van der Waals surface area contributed by atoms with Crippen LogP contribution in [0, 0.1) is 5.92 Å². The second kappa shape index (κ2) is 7.09. The molecule has 0 aliphatic carbocycles. The highest BCUT2D eigenvalue weighted by Crippen LogP contribution is 2.16. The number of allylic oxidation sites excluding steroid dienone is 1. The van der Waals surface area contributed by atoms with E-state index in [0.717, 1.165) is 19.3 Å². The van der Waals surface area contributed by atoms with Gasteiger partial charge in [-0.25, -0.2) is 4.79 Å². The number of imide groups is 1. The Kier molecular flexibility index (Phi) is 5.73. The first kappa shape index (κ1) is 13.7. The van der Waals surface area contributed by atoms with Crippen LogP contribution in [0.4, 0.5) is 4.79 Å². The Labute approximate surface area is 103 Å².